The molecule has 0 N–H and O–H groups in total. The number of alkyl halides is 3. The van der Waals surface area contributed by atoms with E-state index in [1.54, 1.807) is 0 Å². The van der Waals surface area contributed by atoms with Gasteiger partial charge in [-0.2, -0.15) is 18.2 Å². The van der Waals surface area contributed by atoms with Crippen LogP contribution < -0.4 is 0 Å². The molecular weight excluding hydrogens is 316 g/mol. The van der Waals surface area contributed by atoms with Crippen LogP contribution in [-0.2, 0) is 6.18 Å². The predicted octanol–water partition coefficient (Wildman–Crippen LogP) is 4.51. The lowest BCUT2D eigenvalue weighted by molar-refractivity contribution is -0.159. The molecule has 0 bridgehead atoms. The molecule has 23 heavy (non-hydrogen) atoms. The molecule has 1 aromatic heterocycles. The van der Waals surface area contributed by atoms with Gasteiger partial charge in [0.05, 0.1) is 5.56 Å². The molecule has 0 spiro atoms. The standard InChI is InChI=1S/C15H14F4N2O2/c1-3-8(2)6-12(22)10-5-4-9(7-11(10)16)13-20-14(23-21-13)15(17,18)19/h4-5,7-8H,3,6H2,1-2H3. The maximum Gasteiger partial charge on any atom is 0.471 e. The maximum absolute atomic E-state index is 14.1. The molecule has 1 heterocycles. The number of carbonyl (C=O) groups is 1. The first kappa shape index (κ1) is 17.1. The molecule has 0 saturated carbocycles. The first-order valence-electron chi connectivity index (χ1n) is 6.96. The van der Waals surface area contributed by atoms with E-state index >= 15 is 0 Å². The second-order valence-electron chi connectivity index (χ2n) is 5.26. The monoisotopic (exact) mass is 330 g/mol. The van der Waals surface area contributed by atoms with Gasteiger partial charge in [0, 0.05) is 12.0 Å². The topological polar surface area (TPSA) is 56.0 Å². The van der Waals surface area contributed by atoms with Gasteiger partial charge in [0.15, 0.2) is 5.78 Å². The Morgan fingerprint density at radius 2 is 2.04 bits per heavy atom. The van der Waals surface area contributed by atoms with Gasteiger partial charge in [0.2, 0.25) is 5.82 Å². The molecule has 0 aliphatic rings. The first-order chi connectivity index (χ1) is 10.7. The highest BCUT2D eigenvalue weighted by Crippen LogP contribution is 2.30. The van der Waals surface area contributed by atoms with Gasteiger partial charge in [-0.25, -0.2) is 4.39 Å². The van der Waals surface area contributed by atoms with E-state index < -0.39 is 23.7 Å². The highest BCUT2D eigenvalue weighted by molar-refractivity contribution is 5.96. The number of Topliss-reactive ketones (excluding diaryl/α,β-unsaturated/α-hetero) is 1. The molecule has 0 saturated heterocycles. The van der Waals surface area contributed by atoms with E-state index in [2.05, 4.69) is 14.7 Å². The minimum atomic E-state index is -4.77. The van der Waals surface area contributed by atoms with E-state index in [0.717, 1.165) is 12.5 Å². The zero-order valence-electron chi connectivity index (χ0n) is 12.4. The predicted molar refractivity (Wildman–Crippen MR) is 73.1 cm³/mol. The molecule has 0 amide bonds. The summed E-state index contributed by atoms with van der Waals surface area (Å²) in [6.07, 6.45) is -3.78. The fourth-order valence-electron chi connectivity index (χ4n) is 1.91. The Morgan fingerprint density at radius 3 is 2.57 bits per heavy atom. The number of ketones is 1. The molecule has 124 valence electrons. The van der Waals surface area contributed by atoms with Crippen molar-refractivity contribution in [2.24, 2.45) is 5.92 Å². The molecular formula is C15H14F4N2O2. The van der Waals surface area contributed by atoms with Gasteiger partial charge in [0.1, 0.15) is 5.82 Å². The van der Waals surface area contributed by atoms with Crippen molar-refractivity contribution in [2.75, 3.05) is 0 Å². The van der Waals surface area contributed by atoms with Crippen LogP contribution in [0.15, 0.2) is 22.7 Å². The third-order valence-electron chi connectivity index (χ3n) is 3.43. The van der Waals surface area contributed by atoms with Gasteiger partial charge >= 0.3 is 12.1 Å². The zero-order valence-corrected chi connectivity index (χ0v) is 12.4. The normalized spacial score (nSPS) is 13.1. The van der Waals surface area contributed by atoms with Gasteiger partial charge in [-0.05, 0) is 18.1 Å². The van der Waals surface area contributed by atoms with Crippen LogP contribution in [0.5, 0.6) is 0 Å². The van der Waals surface area contributed by atoms with E-state index in [0.29, 0.717) is 0 Å². The number of carbonyl (C=O) groups excluding carboxylic acids is 1. The van der Waals surface area contributed by atoms with Crippen molar-refractivity contribution in [3.8, 4) is 11.4 Å². The van der Waals surface area contributed by atoms with Crippen molar-refractivity contribution in [1.82, 2.24) is 10.1 Å². The highest BCUT2D eigenvalue weighted by atomic mass is 19.4. The third-order valence-corrected chi connectivity index (χ3v) is 3.43. The summed E-state index contributed by atoms with van der Waals surface area (Å²) in [6, 6.07) is 3.44. The zero-order chi connectivity index (χ0) is 17.2. The van der Waals surface area contributed by atoms with Gasteiger partial charge in [-0.15, -0.1) is 0 Å². The van der Waals surface area contributed by atoms with Crippen LogP contribution in [0.1, 0.15) is 42.9 Å². The molecule has 2 rings (SSSR count). The molecule has 2 aromatic rings. The Balaban J connectivity index is 2.25. The van der Waals surface area contributed by atoms with E-state index in [1.165, 1.54) is 12.1 Å². The summed E-state index contributed by atoms with van der Waals surface area (Å²) in [5.74, 6) is -2.96. The van der Waals surface area contributed by atoms with Gasteiger partial charge in [-0.1, -0.05) is 31.5 Å². The van der Waals surface area contributed by atoms with Crippen LogP contribution in [-0.4, -0.2) is 15.9 Å². The Hall–Kier alpha value is -2.25. The molecule has 0 fully saturated rings. The summed E-state index contributed by atoms with van der Waals surface area (Å²) in [5, 5.41) is 3.17. The Morgan fingerprint density at radius 1 is 1.35 bits per heavy atom. The molecule has 1 aromatic carbocycles. The number of benzene rings is 1. The average Bonchev–Trinajstić information content (AvgIpc) is 2.96. The summed E-state index contributed by atoms with van der Waals surface area (Å²) >= 11 is 0. The summed E-state index contributed by atoms with van der Waals surface area (Å²) in [6.45, 7) is 3.80. The van der Waals surface area contributed by atoms with Gasteiger partial charge in [-0.3, -0.25) is 4.79 Å². The Bertz CT molecular complexity index is 710. The van der Waals surface area contributed by atoms with Crippen LogP contribution in [0, 0.1) is 11.7 Å². The minimum Gasteiger partial charge on any atom is -0.329 e. The molecule has 0 aliphatic heterocycles. The quantitative estimate of drug-likeness (QED) is 0.598. The smallest absolute Gasteiger partial charge is 0.329 e. The van der Waals surface area contributed by atoms with Gasteiger partial charge in [0.25, 0.3) is 0 Å². The third kappa shape index (κ3) is 3.94. The van der Waals surface area contributed by atoms with E-state index in [1.807, 2.05) is 13.8 Å². The van der Waals surface area contributed by atoms with Crippen molar-refractivity contribution in [3.63, 3.8) is 0 Å². The second kappa shape index (κ2) is 6.47. The van der Waals surface area contributed by atoms with Crippen molar-refractivity contribution >= 4 is 5.78 Å². The average molecular weight is 330 g/mol. The van der Waals surface area contributed by atoms with Gasteiger partial charge < -0.3 is 4.52 Å². The second-order valence-corrected chi connectivity index (χ2v) is 5.26. The number of hydrogen-bond acceptors (Lipinski definition) is 4. The largest absolute Gasteiger partial charge is 0.471 e. The fraction of sp³-hybridized carbons (Fsp3) is 0.400. The van der Waals surface area contributed by atoms with Crippen LogP contribution in [0.2, 0.25) is 0 Å². The molecule has 4 nitrogen and oxygen atoms in total. The number of rotatable bonds is 5. The van der Waals surface area contributed by atoms with Crippen molar-refractivity contribution in [2.45, 2.75) is 32.9 Å². The Labute approximate surface area is 129 Å². The lowest BCUT2D eigenvalue weighted by Gasteiger charge is -2.08. The molecule has 1 unspecified atom stereocenters. The minimum absolute atomic E-state index is 0.00170. The Kier molecular flexibility index (Phi) is 4.82. The maximum atomic E-state index is 14.1. The van der Waals surface area contributed by atoms with Crippen LogP contribution >= 0.6 is 0 Å². The van der Waals surface area contributed by atoms with Crippen molar-refractivity contribution < 1.29 is 26.9 Å². The van der Waals surface area contributed by atoms with Crippen molar-refractivity contribution in [1.29, 1.82) is 0 Å². The van der Waals surface area contributed by atoms with E-state index in [4.69, 9.17) is 0 Å². The number of hydrogen-bond donors (Lipinski definition) is 0. The molecule has 0 aliphatic carbocycles. The van der Waals surface area contributed by atoms with Crippen molar-refractivity contribution in [3.05, 3.63) is 35.5 Å². The lowest BCUT2D eigenvalue weighted by atomic mass is 9.97. The highest BCUT2D eigenvalue weighted by Gasteiger charge is 2.38. The summed E-state index contributed by atoms with van der Waals surface area (Å²) < 4.78 is 55.4. The number of aromatic nitrogens is 2. The first-order valence-corrected chi connectivity index (χ1v) is 6.96. The summed E-state index contributed by atoms with van der Waals surface area (Å²) in [5.41, 5.74) is -0.101. The summed E-state index contributed by atoms with van der Waals surface area (Å²) in [7, 11) is 0. The van der Waals surface area contributed by atoms with E-state index in [9.17, 15) is 22.4 Å². The summed E-state index contributed by atoms with van der Waals surface area (Å²) in [4.78, 5) is 15.2. The van der Waals surface area contributed by atoms with Crippen LogP contribution in [0.3, 0.4) is 0 Å². The number of nitrogens with zero attached hydrogens (tertiary/aromatic N) is 2. The SMILES string of the molecule is CCC(C)CC(=O)c1ccc(-c2noc(C(F)(F)F)n2)cc1F. The van der Waals surface area contributed by atoms with E-state index in [-0.39, 0.29) is 29.2 Å². The van der Waals surface area contributed by atoms with Crippen LogP contribution in [0.25, 0.3) is 11.4 Å². The number of halogens is 4. The fourth-order valence-corrected chi connectivity index (χ4v) is 1.91. The van der Waals surface area contributed by atoms with Crippen LogP contribution in [0.4, 0.5) is 17.6 Å². The lowest BCUT2D eigenvalue weighted by Crippen LogP contribution is -2.07. The molecule has 8 heteroatoms. The molecule has 1 atom stereocenters. The molecule has 0 radical (unpaired) electrons.